The van der Waals surface area contributed by atoms with E-state index in [1.54, 1.807) is 0 Å². The van der Waals surface area contributed by atoms with Gasteiger partial charge in [-0.2, -0.15) is 0 Å². The molecule has 0 bridgehead atoms. The molecule has 3 heteroatoms. The Kier molecular flexibility index (Phi) is 9.93. The Morgan fingerprint density at radius 2 is 1.90 bits per heavy atom. The summed E-state index contributed by atoms with van der Waals surface area (Å²) in [6.45, 7) is 3.39. The molecular weight excluding hydrogens is 252 g/mol. The van der Waals surface area contributed by atoms with Gasteiger partial charge in [0.15, 0.2) is 0 Å². The monoisotopic (exact) mass is 280 g/mol. The van der Waals surface area contributed by atoms with Crippen LogP contribution < -0.4 is 0 Å². The van der Waals surface area contributed by atoms with Gasteiger partial charge in [-0.3, -0.25) is 4.79 Å². The molecule has 1 saturated heterocycles. The minimum absolute atomic E-state index is 0.128. The Morgan fingerprint density at radius 1 is 1.15 bits per heavy atom. The third-order valence-electron chi connectivity index (χ3n) is 3.18. The van der Waals surface area contributed by atoms with Gasteiger partial charge in [0, 0.05) is 6.42 Å². The lowest BCUT2D eigenvalue weighted by atomic mass is 10.1. The van der Waals surface area contributed by atoms with Gasteiger partial charge in [0.05, 0.1) is 6.61 Å². The van der Waals surface area contributed by atoms with E-state index >= 15 is 0 Å². The van der Waals surface area contributed by atoms with Crippen LogP contribution in [-0.4, -0.2) is 25.3 Å². The average molecular weight is 280 g/mol. The number of carbonyl (C=O) groups is 1. The van der Waals surface area contributed by atoms with Gasteiger partial charge in [0.1, 0.15) is 12.7 Å². The first-order valence-corrected chi connectivity index (χ1v) is 7.90. The maximum absolute atomic E-state index is 11.3. The van der Waals surface area contributed by atoms with Gasteiger partial charge in [-0.15, -0.1) is 0 Å². The lowest BCUT2D eigenvalue weighted by Crippen LogP contribution is -2.08. The summed E-state index contributed by atoms with van der Waals surface area (Å²) in [5.74, 6) is -0.128. The van der Waals surface area contributed by atoms with Crippen LogP contribution in [0, 0.1) is 0 Å². The van der Waals surface area contributed by atoms with E-state index in [-0.39, 0.29) is 12.1 Å². The van der Waals surface area contributed by atoms with Crippen molar-refractivity contribution >= 4 is 5.97 Å². The minimum Gasteiger partial charge on any atom is -0.463 e. The summed E-state index contributed by atoms with van der Waals surface area (Å²) >= 11 is 0. The summed E-state index contributed by atoms with van der Waals surface area (Å²) in [7, 11) is 0. The van der Waals surface area contributed by atoms with Crippen molar-refractivity contribution in [2.24, 2.45) is 0 Å². The van der Waals surface area contributed by atoms with Crippen LogP contribution in [0.3, 0.4) is 0 Å². The van der Waals surface area contributed by atoms with E-state index in [1.165, 1.54) is 32.1 Å². The van der Waals surface area contributed by atoms with Crippen LogP contribution in [0.15, 0.2) is 24.3 Å². The fourth-order valence-corrected chi connectivity index (χ4v) is 1.82. The van der Waals surface area contributed by atoms with E-state index in [4.69, 9.17) is 9.47 Å². The van der Waals surface area contributed by atoms with Crippen LogP contribution in [0.1, 0.15) is 58.3 Å². The van der Waals surface area contributed by atoms with E-state index in [1.807, 2.05) is 0 Å². The molecule has 0 saturated carbocycles. The first-order valence-electron chi connectivity index (χ1n) is 7.90. The molecule has 0 amide bonds. The second kappa shape index (κ2) is 11.7. The normalized spacial score (nSPS) is 17.9. The molecular formula is C17H28O3. The Balaban J connectivity index is 1.85. The maximum Gasteiger partial charge on any atom is 0.306 e. The molecule has 1 aliphatic heterocycles. The van der Waals surface area contributed by atoms with E-state index in [9.17, 15) is 4.79 Å². The number of unbranched alkanes of at least 4 members (excludes halogenated alkanes) is 4. The van der Waals surface area contributed by atoms with Crippen LogP contribution in [-0.2, 0) is 14.3 Å². The Hall–Kier alpha value is -1.09. The van der Waals surface area contributed by atoms with Crippen molar-refractivity contribution in [3.05, 3.63) is 24.3 Å². The van der Waals surface area contributed by atoms with Crippen molar-refractivity contribution in [2.45, 2.75) is 64.4 Å². The van der Waals surface area contributed by atoms with Crippen LogP contribution >= 0.6 is 0 Å². The average Bonchev–Trinajstić information content (AvgIpc) is 3.27. The van der Waals surface area contributed by atoms with Crippen molar-refractivity contribution in [3.63, 3.8) is 0 Å². The number of carbonyl (C=O) groups excluding carboxylic acids is 1. The molecule has 0 aromatic carbocycles. The van der Waals surface area contributed by atoms with Crippen LogP contribution in [0.2, 0.25) is 0 Å². The van der Waals surface area contributed by atoms with Gasteiger partial charge in [-0.05, 0) is 25.7 Å². The van der Waals surface area contributed by atoms with Gasteiger partial charge in [0.2, 0.25) is 0 Å². The van der Waals surface area contributed by atoms with E-state index in [0.717, 1.165) is 19.4 Å². The highest BCUT2D eigenvalue weighted by molar-refractivity contribution is 5.69. The molecule has 0 aliphatic carbocycles. The summed E-state index contributed by atoms with van der Waals surface area (Å²) in [5.41, 5.74) is 0. The molecule has 20 heavy (non-hydrogen) atoms. The third kappa shape index (κ3) is 10.8. The molecule has 114 valence electrons. The number of rotatable bonds is 12. The quantitative estimate of drug-likeness (QED) is 0.233. The summed E-state index contributed by atoms with van der Waals surface area (Å²) in [6.07, 6.45) is 17.4. The van der Waals surface area contributed by atoms with Gasteiger partial charge in [-0.25, -0.2) is 0 Å². The van der Waals surface area contributed by atoms with Gasteiger partial charge in [0.25, 0.3) is 0 Å². The number of hydrogen-bond acceptors (Lipinski definition) is 3. The topological polar surface area (TPSA) is 38.8 Å². The van der Waals surface area contributed by atoms with Gasteiger partial charge < -0.3 is 9.47 Å². The smallest absolute Gasteiger partial charge is 0.306 e. The van der Waals surface area contributed by atoms with Gasteiger partial charge in [-0.1, -0.05) is 50.5 Å². The zero-order valence-electron chi connectivity index (χ0n) is 12.7. The Labute approximate surface area is 123 Å². The molecule has 0 spiro atoms. The van der Waals surface area contributed by atoms with Crippen molar-refractivity contribution in [1.29, 1.82) is 0 Å². The van der Waals surface area contributed by atoms with Crippen molar-refractivity contribution in [3.8, 4) is 0 Å². The zero-order valence-corrected chi connectivity index (χ0v) is 12.7. The maximum atomic E-state index is 11.3. The predicted octanol–water partition coefficient (Wildman–Crippen LogP) is 4.18. The molecule has 1 unspecified atom stereocenters. The first kappa shape index (κ1) is 17.0. The van der Waals surface area contributed by atoms with E-state index < -0.39 is 0 Å². The third-order valence-corrected chi connectivity index (χ3v) is 3.18. The highest BCUT2D eigenvalue weighted by Crippen LogP contribution is 2.09. The number of allylic oxidation sites excluding steroid dienone is 4. The number of epoxide rings is 1. The SMILES string of the molecule is CCCCCCC=CCC=CCCC(=O)OCC1CO1. The Bertz CT molecular complexity index is 303. The fraction of sp³-hybridized carbons (Fsp3) is 0.706. The number of esters is 1. The highest BCUT2D eigenvalue weighted by Gasteiger charge is 2.23. The van der Waals surface area contributed by atoms with Crippen LogP contribution in [0.4, 0.5) is 0 Å². The number of hydrogen-bond donors (Lipinski definition) is 0. The molecule has 1 fully saturated rings. The van der Waals surface area contributed by atoms with Crippen molar-refractivity contribution in [1.82, 2.24) is 0 Å². The van der Waals surface area contributed by atoms with Crippen molar-refractivity contribution < 1.29 is 14.3 Å². The molecule has 1 rings (SSSR count). The fourth-order valence-electron chi connectivity index (χ4n) is 1.82. The molecule has 0 radical (unpaired) electrons. The predicted molar refractivity (Wildman–Crippen MR) is 81.6 cm³/mol. The number of ether oxygens (including phenoxy) is 2. The molecule has 3 nitrogen and oxygen atoms in total. The summed E-state index contributed by atoms with van der Waals surface area (Å²) < 4.78 is 10.0. The standard InChI is InChI=1S/C17H28O3/c1-2-3-4-5-6-7-8-9-10-11-12-13-17(18)20-15-16-14-19-16/h7-8,10-11,16H,2-6,9,12-15H2,1H3. The van der Waals surface area contributed by atoms with Crippen LogP contribution in [0.5, 0.6) is 0 Å². The zero-order chi connectivity index (χ0) is 14.5. The lowest BCUT2D eigenvalue weighted by molar-refractivity contribution is -0.144. The second-order valence-electron chi connectivity index (χ2n) is 5.20. The summed E-state index contributed by atoms with van der Waals surface area (Å²) in [5, 5.41) is 0. The van der Waals surface area contributed by atoms with E-state index in [0.29, 0.717) is 13.0 Å². The second-order valence-corrected chi connectivity index (χ2v) is 5.20. The van der Waals surface area contributed by atoms with E-state index in [2.05, 4.69) is 31.2 Å². The van der Waals surface area contributed by atoms with Crippen LogP contribution in [0.25, 0.3) is 0 Å². The molecule has 0 N–H and O–H groups in total. The lowest BCUT2D eigenvalue weighted by Gasteiger charge is -1.99. The molecule has 0 aromatic rings. The molecule has 1 atom stereocenters. The Morgan fingerprint density at radius 3 is 2.60 bits per heavy atom. The minimum atomic E-state index is -0.128. The summed E-state index contributed by atoms with van der Waals surface area (Å²) in [4.78, 5) is 11.3. The largest absolute Gasteiger partial charge is 0.463 e. The highest BCUT2D eigenvalue weighted by atomic mass is 16.6. The molecule has 0 aromatic heterocycles. The van der Waals surface area contributed by atoms with Gasteiger partial charge >= 0.3 is 5.97 Å². The molecule has 1 aliphatic rings. The first-order chi connectivity index (χ1) is 9.83. The summed E-state index contributed by atoms with van der Waals surface area (Å²) in [6, 6.07) is 0. The molecule has 1 heterocycles. The van der Waals surface area contributed by atoms with Crippen molar-refractivity contribution in [2.75, 3.05) is 13.2 Å².